The molecule has 5 nitrogen and oxygen atoms in total. The van der Waals surface area contributed by atoms with Crippen molar-refractivity contribution in [3.05, 3.63) is 59.2 Å². The highest BCUT2D eigenvalue weighted by molar-refractivity contribution is 5.98. The van der Waals surface area contributed by atoms with E-state index in [1.165, 1.54) is 5.56 Å². The molecule has 2 heterocycles. The number of halogens is 1. The van der Waals surface area contributed by atoms with Crippen LogP contribution in [0.3, 0.4) is 0 Å². The summed E-state index contributed by atoms with van der Waals surface area (Å²) < 4.78 is 11.3. The molecule has 0 radical (unpaired) electrons. The zero-order valence-corrected chi connectivity index (χ0v) is 15.5. The maximum Gasteiger partial charge on any atom is 0.252 e. The third kappa shape index (κ3) is 3.64. The van der Waals surface area contributed by atoms with Crippen molar-refractivity contribution in [1.82, 2.24) is 10.6 Å². The monoisotopic (exact) mass is 374 g/mol. The van der Waals surface area contributed by atoms with Gasteiger partial charge in [0.05, 0.1) is 13.7 Å². The van der Waals surface area contributed by atoms with E-state index in [0.29, 0.717) is 25.0 Å². The molecule has 2 aromatic rings. The van der Waals surface area contributed by atoms with Gasteiger partial charge in [-0.3, -0.25) is 4.79 Å². The number of amides is 1. The fraction of sp³-hybridized carbons (Fsp3) is 0.350. The molecule has 0 aliphatic carbocycles. The fourth-order valence-electron chi connectivity index (χ4n) is 3.63. The van der Waals surface area contributed by atoms with Gasteiger partial charge in [0.1, 0.15) is 11.5 Å². The molecule has 2 aliphatic rings. The van der Waals surface area contributed by atoms with Crippen molar-refractivity contribution in [3.8, 4) is 11.5 Å². The van der Waals surface area contributed by atoms with E-state index in [-0.39, 0.29) is 18.3 Å². The second-order valence-electron chi connectivity index (χ2n) is 6.61. The molecule has 2 aliphatic heterocycles. The molecule has 138 valence electrons. The maximum atomic E-state index is 11.8. The Morgan fingerprint density at radius 1 is 1.08 bits per heavy atom. The standard InChI is InChI=1S/C20H22N2O3.ClH/c1-24-16-5-2-13(3-6-16)19-11-21-9-15(19)12-25-17-7-4-14-10-22-20(23)18(14)8-17;/h2-8,15,19,21H,9-12H2,1H3,(H,22,23);1H/t15-,19+;/m0./s1. The van der Waals surface area contributed by atoms with Crippen LogP contribution in [0.25, 0.3) is 0 Å². The lowest BCUT2D eigenvalue weighted by atomic mass is 9.89. The first-order valence-electron chi connectivity index (χ1n) is 8.63. The summed E-state index contributed by atoms with van der Waals surface area (Å²) in [5, 5.41) is 6.29. The van der Waals surface area contributed by atoms with Crippen molar-refractivity contribution in [3.63, 3.8) is 0 Å². The predicted octanol–water partition coefficient (Wildman–Crippen LogP) is 2.74. The van der Waals surface area contributed by atoms with Gasteiger partial charge in [0.25, 0.3) is 5.91 Å². The fourth-order valence-corrected chi connectivity index (χ4v) is 3.63. The van der Waals surface area contributed by atoms with Crippen molar-refractivity contribution < 1.29 is 14.3 Å². The second kappa shape index (κ2) is 7.98. The van der Waals surface area contributed by atoms with Gasteiger partial charge in [0.2, 0.25) is 0 Å². The van der Waals surface area contributed by atoms with Gasteiger partial charge in [-0.1, -0.05) is 18.2 Å². The summed E-state index contributed by atoms with van der Waals surface area (Å²) in [4.78, 5) is 11.8. The lowest BCUT2D eigenvalue weighted by Gasteiger charge is -2.20. The van der Waals surface area contributed by atoms with Gasteiger partial charge in [0.15, 0.2) is 0 Å². The Morgan fingerprint density at radius 2 is 1.85 bits per heavy atom. The van der Waals surface area contributed by atoms with Crippen LogP contribution in [0.2, 0.25) is 0 Å². The number of benzene rings is 2. The van der Waals surface area contributed by atoms with E-state index in [9.17, 15) is 4.79 Å². The first kappa shape index (κ1) is 18.5. The van der Waals surface area contributed by atoms with E-state index < -0.39 is 0 Å². The molecule has 0 aromatic heterocycles. The number of nitrogens with one attached hydrogen (secondary N) is 2. The van der Waals surface area contributed by atoms with Crippen molar-refractivity contribution in [2.45, 2.75) is 12.5 Å². The van der Waals surface area contributed by atoms with Crippen molar-refractivity contribution >= 4 is 18.3 Å². The number of carbonyl (C=O) groups excluding carboxylic acids is 1. The summed E-state index contributed by atoms with van der Waals surface area (Å²) in [5.41, 5.74) is 3.07. The highest BCUT2D eigenvalue weighted by atomic mass is 35.5. The number of carbonyl (C=O) groups is 1. The van der Waals surface area contributed by atoms with Crippen LogP contribution >= 0.6 is 12.4 Å². The molecule has 1 saturated heterocycles. The third-order valence-corrected chi connectivity index (χ3v) is 5.11. The molecular formula is C20H23ClN2O3. The van der Waals surface area contributed by atoms with Crippen LogP contribution < -0.4 is 20.1 Å². The summed E-state index contributed by atoms with van der Waals surface area (Å²) >= 11 is 0. The number of fused-ring (bicyclic) bond motifs is 1. The summed E-state index contributed by atoms with van der Waals surface area (Å²) in [6, 6.07) is 14.0. The highest BCUT2D eigenvalue weighted by Gasteiger charge is 2.29. The third-order valence-electron chi connectivity index (χ3n) is 5.11. The average Bonchev–Trinajstić information content (AvgIpc) is 3.27. The molecule has 1 fully saturated rings. The summed E-state index contributed by atoms with van der Waals surface area (Å²) in [7, 11) is 1.68. The largest absolute Gasteiger partial charge is 0.497 e. The van der Waals surface area contributed by atoms with Gasteiger partial charge in [0, 0.05) is 37.0 Å². The minimum absolute atomic E-state index is 0. The molecule has 2 aromatic carbocycles. The minimum Gasteiger partial charge on any atom is -0.497 e. The first-order valence-corrected chi connectivity index (χ1v) is 8.63. The van der Waals surface area contributed by atoms with Gasteiger partial charge in [-0.25, -0.2) is 0 Å². The van der Waals surface area contributed by atoms with Crippen molar-refractivity contribution in [1.29, 1.82) is 0 Å². The van der Waals surface area contributed by atoms with E-state index >= 15 is 0 Å². The average molecular weight is 375 g/mol. The minimum atomic E-state index is -0.0147. The molecule has 0 bridgehead atoms. The molecule has 2 N–H and O–H groups in total. The number of methoxy groups -OCH3 is 1. The molecule has 6 heteroatoms. The Kier molecular flexibility index (Phi) is 5.69. The smallest absolute Gasteiger partial charge is 0.252 e. The Labute approximate surface area is 159 Å². The SMILES string of the molecule is COc1ccc([C@H]2CNC[C@H]2COc2ccc3c(c2)C(=O)NC3)cc1.Cl. The molecule has 2 atom stereocenters. The summed E-state index contributed by atoms with van der Waals surface area (Å²) in [6.45, 7) is 3.12. The van der Waals surface area contributed by atoms with E-state index in [0.717, 1.165) is 35.7 Å². The van der Waals surface area contributed by atoms with Crippen LogP contribution in [-0.2, 0) is 6.54 Å². The lowest BCUT2D eigenvalue weighted by molar-refractivity contribution is 0.0965. The van der Waals surface area contributed by atoms with Gasteiger partial charge < -0.3 is 20.1 Å². The molecule has 26 heavy (non-hydrogen) atoms. The Bertz CT molecular complexity index is 779. The summed E-state index contributed by atoms with van der Waals surface area (Å²) in [5.74, 6) is 2.44. The van der Waals surface area contributed by atoms with Crippen LogP contribution in [0, 0.1) is 5.92 Å². The number of rotatable bonds is 5. The quantitative estimate of drug-likeness (QED) is 0.844. The number of hydrogen-bond acceptors (Lipinski definition) is 4. The number of hydrogen-bond donors (Lipinski definition) is 2. The van der Waals surface area contributed by atoms with Crippen molar-refractivity contribution in [2.75, 3.05) is 26.8 Å². The van der Waals surface area contributed by atoms with Crippen LogP contribution in [0.5, 0.6) is 11.5 Å². The molecular weight excluding hydrogens is 352 g/mol. The van der Waals surface area contributed by atoms with E-state index in [1.807, 2.05) is 30.3 Å². The Hall–Kier alpha value is -2.24. The normalized spacial score (nSPS) is 20.9. The topological polar surface area (TPSA) is 59.6 Å². The van der Waals surface area contributed by atoms with E-state index in [2.05, 4.69) is 22.8 Å². The molecule has 0 saturated carbocycles. The molecule has 0 unspecified atom stereocenters. The lowest BCUT2D eigenvalue weighted by Crippen LogP contribution is -2.19. The Morgan fingerprint density at radius 3 is 2.62 bits per heavy atom. The van der Waals surface area contributed by atoms with Crippen LogP contribution in [0.4, 0.5) is 0 Å². The van der Waals surface area contributed by atoms with Crippen LogP contribution in [0.15, 0.2) is 42.5 Å². The first-order chi connectivity index (χ1) is 12.2. The van der Waals surface area contributed by atoms with Crippen LogP contribution in [0.1, 0.15) is 27.4 Å². The predicted molar refractivity (Wildman–Crippen MR) is 102 cm³/mol. The molecule has 1 amide bonds. The van der Waals surface area contributed by atoms with Gasteiger partial charge in [-0.15, -0.1) is 12.4 Å². The second-order valence-corrected chi connectivity index (χ2v) is 6.61. The summed E-state index contributed by atoms with van der Waals surface area (Å²) in [6.07, 6.45) is 0. The number of ether oxygens (including phenoxy) is 2. The van der Waals surface area contributed by atoms with Crippen molar-refractivity contribution in [2.24, 2.45) is 5.92 Å². The molecule has 0 spiro atoms. The van der Waals surface area contributed by atoms with Gasteiger partial charge in [-0.05, 0) is 35.4 Å². The Balaban J connectivity index is 0.00000196. The van der Waals surface area contributed by atoms with E-state index in [1.54, 1.807) is 7.11 Å². The highest BCUT2D eigenvalue weighted by Crippen LogP contribution is 2.30. The zero-order valence-electron chi connectivity index (χ0n) is 14.7. The van der Waals surface area contributed by atoms with Gasteiger partial charge >= 0.3 is 0 Å². The maximum absolute atomic E-state index is 11.8. The molecule has 4 rings (SSSR count). The van der Waals surface area contributed by atoms with Gasteiger partial charge in [-0.2, -0.15) is 0 Å². The van der Waals surface area contributed by atoms with E-state index in [4.69, 9.17) is 9.47 Å². The van der Waals surface area contributed by atoms with Crippen LogP contribution in [-0.4, -0.2) is 32.7 Å². The zero-order chi connectivity index (χ0) is 17.2.